The fraction of sp³-hybridized carbons (Fsp3) is 0.471. The minimum atomic E-state index is 0.471. The number of hydrogen-bond donors (Lipinski definition) is 1. The minimum Gasteiger partial charge on any atom is -0.487 e. The Kier molecular flexibility index (Phi) is 4.89. The van der Waals surface area contributed by atoms with E-state index in [-0.39, 0.29) is 0 Å². The number of rotatable bonds is 6. The highest BCUT2D eigenvalue weighted by Crippen LogP contribution is 2.26. The zero-order valence-corrected chi connectivity index (χ0v) is 13.4. The summed E-state index contributed by atoms with van der Waals surface area (Å²) in [7, 11) is 0. The van der Waals surface area contributed by atoms with Gasteiger partial charge in [0, 0.05) is 11.9 Å². The van der Waals surface area contributed by atoms with Crippen LogP contribution in [0.5, 0.6) is 5.75 Å². The van der Waals surface area contributed by atoms with Gasteiger partial charge in [0.2, 0.25) is 0 Å². The molecule has 2 N–H and O–H groups in total. The lowest BCUT2D eigenvalue weighted by Gasteiger charge is -2.13. The molecule has 21 heavy (non-hydrogen) atoms. The number of nitrogens with zero attached hydrogens (tertiary/aromatic N) is 2. The predicted molar refractivity (Wildman–Crippen MR) is 86.5 cm³/mol. The Labute approximate surface area is 126 Å². The van der Waals surface area contributed by atoms with E-state index in [1.54, 1.807) is 0 Å². The average Bonchev–Trinajstić information content (AvgIpc) is 2.87. The second-order valence-electron chi connectivity index (χ2n) is 5.53. The monoisotopic (exact) mass is 287 g/mol. The van der Waals surface area contributed by atoms with Crippen molar-refractivity contribution in [2.45, 2.75) is 53.2 Å². The molecule has 1 heterocycles. The first-order chi connectivity index (χ1) is 10.0. The van der Waals surface area contributed by atoms with E-state index in [0.29, 0.717) is 12.6 Å². The summed E-state index contributed by atoms with van der Waals surface area (Å²) in [4.78, 5) is 0. The lowest BCUT2D eigenvalue weighted by Crippen LogP contribution is -2.08. The largest absolute Gasteiger partial charge is 0.487 e. The van der Waals surface area contributed by atoms with Gasteiger partial charge in [0.05, 0.1) is 11.7 Å². The summed E-state index contributed by atoms with van der Waals surface area (Å²) in [6.45, 7) is 8.89. The van der Waals surface area contributed by atoms with Crippen molar-refractivity contribution in [3.63, 3.8) is 0 Å². The van der Waals surface area contributed by atoms with Gasteiger partial charge in [-0.15, -0.1) is 0 Å². The number of aryl methyl sites for hydroxylation is 2. The van der Waals surface area contributed by atoms with Gasteiger partial charge in [-0.3, -0.25) is 4.68 Å². The van der Waals surface area contributed by atoms with Crippen molar-refractivity contribution in [3.8, 4) is 5.75 Å². The van der Waals surface area contributed by atoms with Crippen LogP contribution in [0.25, 0.3) is 0 Å². The molecular weight excluding hydrogens is 262 g/mol. The van der Waals surface area contributed by atoms with Crippen molar-refractivity contribution < 1.29 is 4.74 Å². The van der Waals surface area contributed by atoms with Crippen LogP contribution in [0.15, 0.2) is 24.4 Å². The molecule has 0 fully saturated rings. The molecule has 0 saturated carbocycles. The van der Waals surface area contributed by atoms with Crippen LogP contribution in [-0.2, 0) is 6.61 Å². The van der Waals surface area contributed by atoms with E-state index in [9.17, 15) is 0 Å². The number of ether oxygens (including phenoxy) is 1. The molecule has 0 aliphatic heterocycles. The molecule has 2 rings (SSSR count). The Hall–Kier alpha value is -1.97. The van der Waals surface area contributed by atoms with Crippen LogP contribution in [0.1, 0.15) is 49.6 Å². The highest BCUT2D eigenvalue weighted by molar-refractivity contribution is 5.52. The quantitative estimate of drug-likeness (QED) is 0.816. The average molecular weight is 287 g/mol. The van der Waals surface area contributed by atoms with Crippen molar-refractivity contribution in [3.05, 3.63) is 41.2 Å². The van der Waals surface area contributed by atoms with Crippen molar-refractivity contribution in [1.29, 1.82) is 0 Å². The topological polar surface area (TPSA) is 53.1 Å². The van der Waals surface area contributed by atoms with Gasteiger partial charge in [-0.05, 0) is 56.0 Å². The van der Waals surface area contributed by atoms with Crippen LogP contribution < -0.4 is 10.5 Å². The Balaban J connectivity index is 2.07. The van der Waals surface area contributed by atoms with E-state index in [4.69, 9.17) is 10.5 Å². The summed E-state index contributed by atoms with van der Waals surface area (Å²) in [6, 6.07) is 6.37. The maximum Gasteiger partial charge on any atom is 0.132 e. The molecule has 0 aliphatic carbocycles. The molecule has 0 spiro atoms. The van der Waals surface area contributed by atoms with Crippen LogP contribution in [0, 0.1) is 13.8 Å². The number of anilines is 1. The second-order valence-corrected chi connectivity index (χ2v) is 5.53. The summed E-state index contributed by atoms with van der Waals surface area (Å²) in [5, 5.41) is 4.61. The SMILES string of the molecule is CCC(CC)n1ccc(COc2c(C)cc(N)cc2C)n1. The molecule has 0 atom stereocenters. The zero-order chi connectivity index (χ0) is 15.4. The summed E-state index contributed by atoms with van der Waals surface area (Å²) in [5.74, 6) is 0.904. The smallest absolute Gasteiger partial charge is 0.132 e. The third kappa shape index (κ3) is 3.57. The Bertz CT molecular complexity index is 577. The molecule has 4 heteroatoms. The van der Waals surface area contributed by atoms with Gasteiger partial charge >= 0.3 is 0 Å². The summed E-state index contributed by atoms with van der Waals surface area (Å²) < 4.78 is 7.98. The Morgan fingerprint density at radius 2 is 1.81 bits per heavy atom. The molecule has 0 unspecified atom stereocenters. The fourth-order valence-corrected chi connectivity index (χ4v) is 2.68. The van der Waals surface area contributed by atoms with Crippen LogP contribution in [0.4, 0.5) is 5.69 Å². The Morgan fingerprint density at radius 3 is 2.38 bits per heavy atom. The summed E-state index contributed by atoms with van der Waals surface area (Å²) in [5.41, 5.74) is 9.69. The molecule has 1 aromatic heterocycles. The first-order valence-corrected chi connectivity index (χ1v) is 7.58. The number of hydrogen-bond acceptors (Lipinski definition) is 3. The van der Waals surface area contributed by atoms with Crippen LogP contribution in [-0.4, -0.2) is 9.78 Å². The van der Waals surface area contributed by atoms with Crippen LogP contribution in [0.3, 0.4) is 0 Å². The second kappa shape index (κ2) is 6.66. The first-order valence-electron chi connectivity index (χ1n) is 7.58. The van der Waals surface area contributed by atoms with Crippen molar-refractivity contribution in [1.82, 2.24) is 9.78 Å². The zero-order valence-electron chi connectivity index (χ0n) is 13.4. The minimum absolute atomic E-state index is 0.471. The number of nitrogen functional groups attached to an aromatic ring is 1. The van der Waals surface area contributed by atoms with Gasteiger partial charge in [0.25, 0.3) is 0 Å². The molecule has 2 aromatic rings. The summed E-state index contributed by atoms with van der Waals surface area (Å²) >= 11 is 0. The molecule has 0 bridgehead atoms. The van der Waals surface area contributed by atoms with Gasteiger partial charge in [-0.25, -0.2) is 0 Å². The summed E-state index contributed by atoms with van der Waals surface area (Å²) in [6.07, 6.45) is 4.22. The molecule has 1 aromatic carbocycles. The van der Waals surface area contributed by atoms with E-state index < -0.39 is 0 Å². The van der Waals surface area contributed by atoms with E-state index >= 15 is 0 Å². The lowest BCUT2D eigenvalue weighted by molar-refractivity contribution is 0.293. The molecule has 0 amide bonds. The van der Waals surface area contributed by atoms with Crippen LogP contribution >= 0.6 is 0 Å². The molecule has 114 valence electrons. The third-order valence-corrected chi connectivity index (χ3v) is 3.83. The lowest BCUT2D eigenvalue weighted by atomic mass is 10.1. The molecule has 0 radical (unpaired) electrons. The number of aromatic nitrogens is 2. The normalized spacial score (nSPS) is 11.1. The molecule has 4 nitrogen and oxygen atoms in total. The van der Waals surface area contributed by atoms with E-state index in [1.807, 2.05) is 42.9 Å². The van der Waals surface area contributed by atoms with Crippen molar-refractivity contribution >= 4 is 5.69 Å². The van der Waals surface area contributed by atoms with Gasteiger partial charge < -0.3 is 10.5 Å². The standard InChI is InChI=1S/C17H25N3O/c1-5-16(6-2)20-8-7-15(19-20)11-21-17-12(3)9-14(18)10-13(17)4/h7-10,16H,5-6,11,18H2,1-4H3. The molecule has 0 saturated heterocycles. The number of nitrogens with two attached hydrogens (primary N) is 1. The van der Waals surface area contributed by atoms with Gasteiger partial charge in [-0.2, -0.15) is 5.10 Å². The number of benzene rings is 1. The molecular formula is C17H25N3O. The van der Waals surface area contributed by atoms with E-state index in [0.717, 1.165) is 41.1 Å². The van der Waals surface area contributed by atoms with E-state index in [1.165, 1.54) is 0 Å². The van der Waals surface area contributed by atoms with Crippen molar-refractivity contribution in [2.75, 3.05) is 5.73 Å². The first kappa shape index (κ1) is 15.4. The molecule has 0 aliphatic rings. The fourth-order valence-electron chi connectivity index (χ4n) is 2.68. The van der Waals surface area contributed by atoms with E-state index in [2.05, 4.69) is 18.9 Å². The van der Waals surface area contributed by atoms with Gasteiger partial charge in [0.15, 0.2) is 0 Å². The third-order valence-electron chi connectivity index (χ3n) is 3.83. The van der Waals surface area contributed by atoms with Gasteiger partial charge in [-0.1, -0.05) is 13.8 Å². The maximum absolute atomic E-state index is 5.94. The Morgan fingerprint density at radius 1 is 1.19 bits per heavy atom. The maximum atomic E-state index is 5.94. The highest BCUT2D eigenvalue weighted by Gasteiger charge is 2.10. The van der Waals surface area contributed by atoms with Crippen molar-refractivity contribution in [2.24, 2.45) is 0 Å². The van der Waals surface area contributed by atoms with Crippen LogP contribution in [0.2, 0.25) is 0 Å². The highest BCUT2D eigenvalue weighted by atomic mass is 16.5. The van der Waals surface area contributed by atoms with Gasteiger partial charge in [0.1, 0.15) is 12.4 Å². The predicted octanol–water partition coefficient (Wildman–Crippen LogP) is 4.02.